The number of hydrogen-bond donors (Lipinski definition) is 2. The van der Waals surface area contributed by atoms with E-state index in [9.17, 15) is 18.4 Å². The fraction of sp³-hybridized carbons (Fsp3) is 0.367. The maximum absolute atomic E-state index is 15.7. The Hall–Kier alpha value is -4.20. The van der Waals surface area contributed by atoms with Gasteiger partial charge in [0.1, 0.15) is 23.5 Å². The first-order valence-corrected chi connectivity index (χ1v) is 13.9. The SMILES string of the molecule is CC1(C(=O)N2CCC[C@@H](C3=C4C=NC=C[N+]4(N)C(c4ccc(C(=O)Nc5cc(C(C)(F)F)ccn5)cc4F)=N3)C2)COC1. The minimum atomic E-state index is -3.12. The summed E-state index contributed by atoms with van der Waals surface area (Å²) >= 11 is 0. The van der Waals surface area contributed by atoms with E-state index in [0.29, 0.717) is 37.7 Å². The second-order valence-electron chi connectivity index (χ2n) is 11.7. The fourth-order valence-electron chi connectivity index (χ4n) is 5.78. The number of carbonyl (C=O) groups excluding carboxylic acids is 2. The van der Waals surface area contributed by atoms with Gasteiger partial charge in [-0.1, -0.05) is 0 Å². The highest BCUT2D eigenvalue weighted by Crippen LogP contribution is 2.39. The summed E-state index contributed by atoms with van der Waals surface area (Å²) in [7, 11) is 0. The average Bonchev–Trinajstić information content (AvgIpc) is 3.28. The predicted octanol–water partition coefficient (Wildman–Crippen LogP) is 4.08. The molecule has 1 aromatic carbocycles. The van der Waals surface area contributed by atoms with Crippen molar-refractivity contribution in [3.8, 4) is 0 Å². The second-order valence-corrected chi connectivity index (χ2v) is 11.7. The Morgan fingerprint density at radius 3 is 2.72 bits per heavy atom. The van der Waals surface area contributed by atoms with Crippen LogP contribution in [0.2, 0.25) is 0 Å². The number of aromatic nitrogens is 1. The van der Waals surface area contributed by atoms with Crippen LogP contribution in [0.3, 0.4) is 0 Å². The number of amidine groups is 1. The second kappa shape index (κ2) is 10.5. The number of carbonyl (C=O) groups is 2. The van der Waals surface area contributed by atoms with Gasteiger partial charge in [-0.25, -0.2) is 18.2 Å². The van der Waals surface area contributed by atoms with Crippen molar-refractivity contribution in [3.05, 3.63) is 82.8 Å². The molecule has 43 heavy (non-hydrogen) atoms. The quantitative estimate of drug-likeness (QED) is 0.386. The lowest BCUT2D eigenvalue weighted by molar-refractivity contribution is -0.750. The molecule has 2 saturated heterocycles. The predicted molar refractivity (Wildman–Crippen MR) is 152 cm³/mol. The number of nitrogens with zero attached hydrogens (tertiary/aromatic N) is 5. The van der Waals surface area contributed by atoms with Crippen molar-refractivity contribution in [2.75, 3.05) is 31.6 Å². The van der Waals surface area contributed by atoms with E-state index >= 15 is 4.39 Å². The van der Waals surface area contributed by atoms with Gasteiger partial charge in [0.05, 0.1) is 36.6 Å². The van der Waals surface area contributed by atoms with E-state index in [2.05, 4.69) is 15.3 Å². The maximum Gasteiger partial charge on any atom is 0.270 e. The lowest BCUT2D eigenvalue weighted by atomic mass is 9.85. The van der Waals surface area contributed by atoms with E-state index in [1.807, 2.05) is 11.8 Å². The van der Waals surface area contributed by atoms with Gasteiger partial charge in [0.15, 0.2) is 0 Å². The van der Waals surface area contributed by atoms with Crippen LogP contribution < -0.4 is 11.2 Å². The Labute approximate surface area is 246 Å². The molecule has 0 radical (unpaired) electrons. The zero-order valence-electron chi connectivity index (χ0n) is 23.7. The number of anilines is 1. The van der Waals surface area contributed by atoms with Crippen LogP contribution in [-0.2, 0) is 15.5 Å². The number of nitrogens with one attached hydrogen (secondary N) is 1. The Balaban J connectivity index is 1.26. The molecule has 4 aliphatic rings. The molecule has 2 atom stereocenters. The van der Waals surface area contributed by atoms with Crippen LogP contribution in [-0.4, -0.2) is 64.6 Å². The molecule has 5 heterocycles. The third-order valence-corrected chi connectivity index (χ3v) is 8.26. The number of likely N-dealkylation sites (tertiary alicyclic amines) is 1. The number of pyridine rings is 1. The number of allylic oxidation sites excluding steroid dienone is 1. The number of hydrogen-bond acceptors (Lipinski definition) is 7. The van der Waals surface area contributed by atoms with Crippen LogP contribution in [0, 0.1) is 17.2 Å². The van der Waals surface area contributed by atoms with Gasteiger partial charge in [0.25, 0.3) is 17.7 Å². The highest BCUT2D eigenvalue weighted by atomic mass is 19.3. The molecule has 13 heteroatoms. The highest BCUT2D eigenvalue weighted by molar-refractivity contribution is 6.05. The van der Waals surface area contributed by atoms with Gasteiger partial charge in [0.2, 0.25) is 11.6 Å². The Morgan fingerprint density at radius 1 is 1.23 bits per heavy atom. The number of ether oxygens (including phenoxy) is 1. The van der Waals surface area contributed by atoms with E-state index in [4.69, 9.17) is 15.6 Å². The molecular weight excluding hydrogens is 563 g/mol. The summed E-state index contributed by atoms with van der Waals surface area (Å²) in [6.45, 7) is 4.52. The number of aliphatic imine (C=N–C) groups is 2. The van der Waals surface area contributed by atoms with Crippen LogP contribution in [0.1, 0.15) is 48.2 Å². The molecule has 6 rings (SSSR count). The van der Waals surface area contributed by atoms with Gasteiger partial charge >= 0.3 is 0 Å². The molecule has 4 aliphatic heterocycles. The summed E-state index contributed by atoms with van der Waals surface area (Å²) in [5, 5.41) is 2.44. The van der Waals surface area contributed by atoms with Crippen molar-refractivity contribution in [3.63, 3.8) is 0 Å². The summed E-state index contributed by atoms with van der Waals surface area (Å²) in [5.74, 6) is 2.26. The monoisotopic (exact) mass is 594 g/mol. The number of piperidine rings is 1. The summed E-state index contributed by atoms with van der Waals surface area (Å²) in [5.41, 5.74) is 0.416. The molecule has 2 amide bonds. The first-order valence-electron chi connectivity index (χ1n) is 13.9. The maximum atomic E-state index is 15.7. The molecule has 2 aromatic rings. The molecule has 3 N–H and O–H groups in total. The first kappa shape index (κ1) is 28.9. The van der Waals surface area contributed by atoms with Crippen molar-refractivity contribution in [2.24, 2.45) is 27.2 Å². The standard InChI is InChI=1S/C30H30F3N7O3/c1-29(16-43-17-29)28(42)39-10-3-4-19(15-39)25-23-14-35-9-11-40(23,34)26(38-25)21-6-5-18(12-22(21)31)27(41)37-24-13-20(7-8-36-24)30(2,32)33/h5-9,11-14,19H,3-4,10,15-17,34H2,1-2H3/p+1/t19-,40?/m1/s1. The molecule has 10 nitrogen and oxygen atoms in total. The Kier molecular flexibility index (Phi) is 7.06. The summed E-state index contributed by atoms with van der Waals surface area (Å²) in [6.07, 6.45) is 7.42. The molecule has 0 saturated carbocycles. The van der Waals surface area contributed by atoms with Crippen molar-refractivity contribution in [2.45, 2.75) is 32.6 Å². The smallest absolute Gasteiger partial charge is 0.270 e. The van der Waals surface area contributed by atoms with E-state index in [1.165, 1.54) is 18.3 Å². The number of amides is 2. The zero-order valence-corrected chi connectivity index (χ0v) is 23.7. The van der Waals surface area contributed by atoms with Gasteiger partial charge < -0.3 is 15.0 Å². The van der Waals surface area contributed by atoms with Gasteiger partial charge in [-0.05, 0) is 50.1 Å². The molecule has 0 bridgehead atoms. The van der Waals surface area contributed by atoms with E-state index < -0.39 is 27.7 Å². The number of nitrogens with two attached hydrogens (primary N) is 1. The third kappa shape index (κ3) is 5.17. The molecule has 2 fully saturated rings. The third-order valence-electron chi connectivity index (χ3n) is 8.26. The Morgan fingerprint density at radius 2 is 2.02 bits per heavy atom. The van der Waals surface area contributed by atoms with Crippen molar-refractivity contribution in [1.29, 1.82) is 0 Å². The number of quaternary nitrogens is 1. The molecule has 224 valence electrons. The van der Waals surface area contributed by atoms with Gasteiger partial charge in [0, 0.05) is 43.3 Å². The molecular formula is C30H31F3N7O3+. The van der Waals surface area contributed by atoms with E-state index in [-0.39, 0.29) is 40.2 Å². The summed E-state index contributed by atoms with van der Waals surface area (Å²) in [6, 6.07) is 6.08. The normalized spacial score (nSPS) is 24.4. The lowest BCUT2D eigenvalue weighted by Crippen LogP contribution is -2.55. The number of alkyl halides is 2. The topological polar surface area (TPSA) is 122 Å². The lowest BCUT2D eigenvalue weighted by Gasteiger charge is -2.42. The fourth-order valence-corrected chi connectivity index (χ4v) is 5.78. The van der Waals surface area contributed by atoms with Crippen molar-refractivity contribution < 1.29 is 32.1 Å². The largest absolute Gasteiger partial charge is 0.379 e. The first-order chi connectivity index (χ1) is 20.4. The number of halogens is 3. The van der Waals surface area contributed by atoms with Crippen molar-refractivity contribution in [1.82, 2.24) is 9.88 Å². The zero-order chi connectivity index (χ0) is 30.6. The average molecular weight is 595 g/mol. The molecule has 1 aromatic heterocycles. The van der Waals surface area contributed by atoms with Crippen LogP contribution in [0.25, 0.3) is 0 Å². The van der Waals surface area contributed by atoms with Crippen LogP contribution in [0.4, 0.5) is 19.0 Å². The van der Waals surface area contributed by atoms with Crippen LogP contribution in [0.5, 0.6) is 0 Å². The molecule has 1 unspecified atom stereocenters. The Bertz CT molecular complexity index is 1630. The van der Waals surface area contributed by atoms with E-state index in [1.54, 1.807) is 12.4 Å². The van der Waals surface area contributed by atoms with Crippen molar-refractivity contribution >= 4 is 29.7 Å². The number of benzene rings is 1. The molecule has 0 aliphatic carbocycles. The summed E-state index contributed by atoms with van der Waals surface area (Å²) < 4.78 is 48.0. The van der Waals surface area contributed by atoms with Gasteiger partial charge in [-0.3, -0.25) is 14.6 Å². The minimum absolute atomic E-state index is 0.0436. The summed E-state index contributed by atoms with van der Waals surface area (Å²) in [4.78, 5) is 40.9. The van der Waals surface area contributed by atoms with Crippen LogP contribution >= 0.6 is 0 Å². The van der Waals surface area contributed by atoms with Crippen LogP contribution in [0.15, 0.2) is 70.3 Å². The van der Waals surface area contributed by atoms with Gasteiger partial charge in [-0.2, -0.15) is 10.8 Å². The molecule has 0 spiro atoms. The van der Waals surface area contributed by atoms with E-state index in [0.717, 1.165) is 44.2 Å². The minimum Gasteiger partial charge on any atom is -0.379 e. The number of rotatable bonds is 6. The van der Waals surface area contributed by atoms with Gasteiger partial charge in [-0.15, -0.1) is 4.59 Å². The highest BCUT2D eigenvalue weighted by Gasteiger charge is 2.49. The number of fused-ring (bicyclic) bond motifs is 1.